The van der Waals surface area contributed by atoms with Crippen LogP contribution in [0.15, 0.2) is 29.3 Å². The van der Waals surface area contributed by atoms with E-state index in [1.807, 2.05) is 31.2 Å². The number of rotatable bonds is 10. The number of guanidine groups is 1. The van der Waals surface area contributed by atoms with E-state index in [9.17, 15) is 4.79 Å². The fourth-order valence-corrected chi connectivity index (χ4v) is 2.33. The van der Waals surface area contributed by atoms with Crippen LogP contribution in [0, 0.1) is 5.92 Å². The third-order valence-electron chi connectivity index (χ3n) is 4.02. The van der Waals surface area contributed by atoms with Crippen LogP contribution in [0.5, 0.6) is 0 Å². The molecule has 25 heavy (non-hydrogen) atoms. The van der Waals surface area contributed by atoms with E-state index in [1.54, 1.807) is 7.05 Å². The van der Waals surface area contributed by atoms with Gasteiger partial charge in [0.1, 0.15) is 0 Å². The zero-order chi connectivity index (χ0) is 17.9. The quantitative estimate of drug-likeness (QED) is 0.344. The molecule has 0 spiro atoms. The van der Waals surface area contributed by atoms with Crippen LogP contribution in [0.3, 0.4) is 0 Å². The number of carbonyl (C=O) groups excluding carboxylic acids is 1. The van der Waals surface area contributed by atoms with E-state index >= 15 is 0 Å². The van der Waals surface area contributed by atoms with Gasteiger partial charge in [-0.1, -0.05) is 12.1 Å². The average Bonchev–Trinajstić information content (AvgIpc) is 3.46. The molecule has 0 bridgehead atoms. The fourth-order valence-electron chi connectivity index (χ4n) is 2.33. The van der Waals surface area contributed by atoms with Crippen molar-refractivity contribution < 1.29 is 9.53 Å². The Balaban J connectivity index is 1.72. The van der Waals surface area contributed by atoms with Gasteiger partial charge in [0, 0.05) is 38.9 Å². The van der Waals surface area contributed by atoms with Crippen molar-refractivity contribution in [3.8, 4) is 0 Å². The Labute approximate surface area is 150 Å². The van der Waals surface area contributed by atoms with Gasteiger partial charge in [-0.05, 0) is 49.8 Å². The fraction of sp³-hybridized carbons (Fsp3) is 0.579. The van der Waals surface area contributed by atoms with Gasteiger partial charge in [0.05, 0.1) is 6.54 Å². The van der Waals surface area contributed by atoms with Crippen LogP contribution in [-0.2, 0) is 11.3 Å². The first-order chi connectivity index (χ1) is 12.2. The number of benzene rings is 1. The minimum atomic E-state index is -0.0750. The van der Waals surface area contributed by atoms with Crippen LogP contribution in [0.2, 0.25) is 0 Å². The van der Waals surface area contributed by atoms with Gasteiger partial charge in [0.2, 0.25) is 0 Å². The van der Waals surface area contributed by atoms with Crippen LogP contribution in [-0.4, -0.2) is 45.2 Å². The second-order valence-electron chi connectivity index (χ2n) is 6.27. The molecule has 1 saturated carbocycles. The van der Waals surface area contributed by atoms with Gasteiger partial charge >= 0.3 is 0 Å². The number of nitrogens with zero attached hydrogens (tertiary/aromatic N) is 1. The maximum atomic E-state index is 11.5. The highest BCUT2D eigenvalue weighted by atomic mass is 16.5. The summed E-state index contributed by atoms with van der Waals surface area (Å²) >= 11 is 0. The molecule has 1 fully saturated rings. The maximum absolute atomic E-state index is 11.5. The highest BCUT2D eigenvalue weighted by Gasteiger charge is 2.20. The standard InChI is InChI=1S/C19H30N4O2/c1-3-21-19(22-11-4-12-25-14-16-5-6-16)23-13-15-7-9-17(10-8-15)18(24)20-2/h7-10,16H,3-6,11-14H2,1-2H3,(H,20,24)(H2,21,22,23). The monoisotopic (exact) mass is 346 g/mol. The van der Waals surface area contributed by atoms with E-state index in [-0.39, 0.29) is 5.91 Å². The highest BCUT2D eigenvalue weighted by molar-refractivity contribution is 5.93. The predicted octanol–water partition coefficient (Wildman–Crippen LogP) is 1.92. The summed E-state index contributed by atoms with van der Waals surface area (Å²) in [4.78, 5) is 16.1. The van der Waals surface area contributed by atoms with Crippen molar-refractivity contribution in [3.63, 3.8) is 0 Å². The van der Waals surface area contributed by atoms with Crippen LogP contribution >= 0.6 is 0 Å². The van der Waals surface area contributed by atoms with Gasteiger partial charge < -0.3 is 20.7 Å². The lowest BCUT2D eigenvalue weighted by atomic mass is 10.1. The molecule has 0 heterocycles. The van der Waals surface area contributed by atoms with E-state index in [1.165, 1.54) is 12.8 Å². The lowest BCUT2D eigenvalue weighted by molar-refractivity contribution is 0.0963. The lowest BCUT2D eigenvalue weighted by Gasteiger charge is -2.11. The summed E-state index contributed by atoms with van der Waals surface area (Å²) in [5, 5.41) is 9.19. The molecule has 1 aromatic carbocycles. The van der Waals surface area contributed by atoms with Gasteiger partial charge in [-0.15, -0.1) is 0 Å². The maximum Gasteiger partial charge on any atom is 0.251 e. The summed E-state index contributed by atoms with van der Waals surface area (Å²) in [6.45, 7) is 5.99. The minimum absolute atomic E-state index is 0.0750. The number of carbonyl (C=O) groups is 1. The molecular formula is C19H30N4O2. The molecule has 0 atom stereocenters. The topological polar surface area (TPSA) is 74.8 Å². The first kappa shape index (κ1) is 19.2. The van der Waals surface area contributed by atoms with E-state index in [0.29, 0.717) is 12.1 Å². The third kappa shape index (κ3) is 7.56. The molecule has 138 valence electrons. The van der Waals surface area contributed by atoms with Crippen molar-refractivity contribution in [1.82, 2.24) is 16.0 Å². The van der Waals surface area contributed by atoms with Crippen molar-refractivity contribution in [3.05, 3.63) is 35.4 Å². The molecular weight excluding hydrogens is 316 g/mol. The summed E-state index contributed by atoms with van der Waals surface area (Å²) in [6.07, 6.45) is 3.64. The van der Waals surface area contributed by atoms with Gasteiger partial charge in [-0.25, -0.2) is 4.99 Å². The molecule has 0 saturated heterocycles. The largest absolute Gasteiger partial charge is 0.381 e. The second kappa shape index (κ2) is 10.7. The van der Waals surface area contributed by atoms with Crippen LogP contribution in [0.4, 0.5) is 0 Å². The van der Waals surface area contributed by atoms with Crippen LogP contribution < -0.4 is 16.0 Å². The summed E-state index contributed by atoms with van der Waals surface area (Å²) in [5.74, 6) is 1.55. The predicted molar refractivity (Wildman–Crippen MR) is 101 cm³/mol. The number of hydrogen-bond donors (Lipinski definition) is 3. The molecule has 0 radical (unpaired) electrons. The van der Waals surface area contributed by atoms with Crippen LogP contribution in [0.25, 0.3) is 0 Å². The molecule has 1 aliphatic carbocycles. The van der Waals surface area contributed by atoms with Crippen molar-refractivity contribution >= 4 is 11.9 Å². The molecule has 0 aromatic heterocycles. The van der Waals surface area contributed by atoms with Gasteiger partial charge in [-0.2, -0.15) is 0 Å². The lowest BCUT2D eigenvalue weighted by Crippen LogP contribution is -2.38. The summed E-state index contributed by atoms with van der Waals surface area (Å²) in [5.41, 5.74) is 1.73. The zero-order valence-electron chi connectivity index (χ0n) is 15.3. The Morgan fingerprint density at radius 2 is 2.00 bits per heavy atom. The van der Waals surface area contributed by atoms with Crippen molar-refractivity contribution in [1.29, 1.82) is 0 Å². The molecule has 3 N–H and O–H groups in total. The number of amides is 1. The van der Waals surface area contributed by atoms with Crippen molar-refractivity contribution in [2.45, 2.75) is 32.7 Å². The van der Waals surface area contributed by atoms with Gasteiger partial charge in [0.15, 0.2) is 5.96 Å². The van der Waals surface area contributed by atoms with E-state index in [4.69, 9.17) is 4.74 Å². The van der Waals surface area contributed by atoms with Gasteiger partial charge in [-0.3, -0.25) is 4.79 Å². The van der Waals surface area contributed by atoms with Gasteiger partial charge in [0.25, 0.3) is 5.91 Å². The van der Waals surface area contributed by atoms with E-state index in [0.717, 1.165) is 50.2 Å². The molecule has 2 rings (SSSR count). The molecule has 1 aromatic rings. The summed E-state index contributed by atoms with van der Waals surface area (Å²) in [7, 11) is 1.63. The SMILES string of the molecule is CCNC(=NCc1ccc(C(=O)NC)cc1)NCCCOCC1CC1. The average molecular weight is 346 g/mol. The second-order valence-corrected chi connectivity index (χ2v) is 6.27. The number of aliphatic imine (C=N–C) groups is 1. The Morgan fingerprint density at radius 1 is 1.24 bits per heavy atom. The van der Waals surface area contributed by atoms with E-state index in [2.05, 4.69) is 20.9 Å². The van der Waals surface area contributed by atoms with Crippen LogP contribution in [0.1, 0.15) is 42.1 Å². The summed E-state index contributed by atoms with van der Waals surface area (Å²) < 4.78 is 5.64. The Hall–Kier alpha value is -2.08. The Kier molecular flexibility index (Phi) is 8.25. The zero-order valence-corrected chi connectivity index (χ0v) is 15.3. The normalized spacial score (nSPS) is 14.2. The molecule has 1 aliphatic rings. The highest BCUT2D eigenvalue weighted by Crippen LogP contribution is 2.28. The van der Waals surface area contributed by atoms with E-state index < -0.39 is 0 Å². The Bertz CT molecular complexity index is 553. The number of nitrogens with one attached hydrogen (secondary N) is 3. The minimum Gasteiger partial charge on any atom is -0.381 e. The molecule has 0 aliphatic heterocycles. The Morgan fingerprint density at radius 3 is 2.64 bits per heavy atom. The molecule has 6 nitrogen and oxygen atoms in total. The van der Waals surface area contributed by atoms with Crippen molar-refractivity contribution in [2.75, 3.05) is 33.4 Å². The molecule has 0 unspecified atom stereocenters. The number of hydrogen-bond acceptors (Lipinski definition) is 3. The molecule has 1 amide bonds. The first-order valence-electron chi connectivity index (χ1n) is 9.14. The smallest absolute Gasteiger partial charge is 0.251 e. The third-order valence-corrected chi connectivity index (χ3v) is 4.02. The summed E-state index contributed by atoms with van der Waals surface area (Å²) in [6, 6.07) is 7.51. The first-order valence-corrected chi connectivity index (χ1v) is 9.14. The molecule has 6 heteroatoms. The van der Waals surface area contributed by atoms with Crippen molar-refractivity contribution in [2.24, 2.45) is 10.9 Å². The number of ether oxygens (including phenoxy) is 1.